The van der Waals surface area contributed by atoms with Crippen LogP contribution in [0, 0.1) is 5.92 Å². The van der Waals surface area contributed by atoms with Crippen LogP contribution in [0.3, 0.4) is 0 Å². The summed E-state index contributed by atoms with van der Waals surface area (Å²) in [5.41, 5.74) is 5.78. The van der Waals surface area contributed by atoms with Crippen molar-refractivity contribution in [1.29, 1.82) is 0 Å². The van der Waals surface area contributed by atoms with E-state index in [4.69, 9.17) is 5.73 Å². The summed E-state index contributed by atoms with van der Waals surface area (Å²) in [6, 6.07) is -0.438. The van der Waals surface area contributed by atoms with Gasteiger partial charge in [0, 0.05) is 28.9 Å². The fraction of sp³-hybridized carbons (Fsp3) is 0.909. The molecule has 0 aromatic rings. The molecule has 96 valence electrons. The molecule has 0 spiro atoms. The maximum Gasteiger partial charge on any atom is 0.237 e. The highest BCUT2D eigenvalue weighted by Crippen LogP contribution is 2.05. The molecule has 4 atom stereocenters. The molecule has 0 bridgehead atoms. The van der Waals surface area contributed by atoms with E-state index in [0.717, 1.165) is 12.8 Å². The van der Waals surface area contributed by atoms with Crippen LogP contribution in [0.15, 0.2) is 0 Å². The van der Waals surface area contributed by atoms with E-state index in [9.17, 15) is 9.00 Å². The third kappa shape index (κ3) is 5.61. The third-order valence-corrected chi connectivity index (χ3v) is 4.35. The smallest absolute Gasteiger partial charge is 0.237 e. The van der Waals surface area contributed by atoms with Gasteiger partial charge in [0.2, 0.25) is 5.91 Å². The van der Waals surface area contributed by atoms with E-state index in [1.807, 2.05) is 20.8 Å². The van der Waals surface area contributed by atoms with Gasteiger partial charge >= 0.3 is 0 Å². The summed E-state index contributed by atoms with van der Waals surface area (Å²) in [5.74, 6) is 0.0844. The second kappa shape index (κ2) is 7.79. The number of hydrogen-bond donors (Lipinski definition) is 2. The quantitative estimate of drug-likeness (QED) is 0.694. The Morgan fingerprint density at radius 3 is 2.44 bits per heavy atom. The van der Waals surface area contributed by atoms with Gasteiger partial charge in [-0.15, -0.1) is 0 Å². The van der Waals surface area contributed by atoms with Gasteiger partial charge < -0.3 is 11.1 Å². The first-order valence-electron chi connectivity index (χ1n) is 5.75. The van der Waals surface area contributed by atoms with Crippen LogP contribution in [0.25, 0.3) is 0 Å². The van der Waals surface area contributed by atoms with Gasteiger partial charge in [-0.1, -0.05) is 27.2 Å². The predicted molar refractivity (Wildman–Crippen MR) is 68.6 cm³/mol. The Hall–Kier alpha value is -0.420. The highest BCUT2D eigenvalue weighted by atomic mass is 32.2. The molecular weight excluding hydrogens is 224 g/mol. The number of carbonyl (C=O) groups excluding carboxylic acids is 1. The molecule has 3 N–H and O–H groups in total. The van der Waals surface area contributed by atoms with Crippen LogP contribution in [0.5, 0.6) is 0 Å². The van der Waals surface area contributed by atoms with Crippen LogP contribution in [-0.4, -0.2) is 34.2 Å². The van der Waals surface area contributed by atoms with Gasteiger partial charge in [0.1, 0.15) is 0 Å². The Balaban J connectivity index is 3.85. The molecular formula is C11H24N2O2S. The predicted octanol–water partition coefficient (Wildman–Crippen LogP) is 0.633. The lowest BCUT2D eigenvalue weighted by Gasteiger charge is -2.18. The molecule has 0 saturated carbocycles. The monoisotopic (exact) mass is 248 g/mol. The van der Waals surface area contributed by atoms with Crippen LogP contribution in [0.4, 0.5) is 0 Å². The highest BCUT2D eigenvalue weighted by Gasteiger charge is 2.19. The van der Waals surface area contributed by atoms with Crippen LogP contribution in [0.2, 0.25) is 0 Å². The molecule has 2 unspecified atom stereocenters. The summed E-state index contributed by atoms with van der Waals surface area (Å²) in [6.45, 7) is 6.44. The van der Waals surface area contributed by atoms with Crippen molar-refractivity contribution in [2.75, 3.05) is 12.8 Å². The first-order chi connectivity index (χ1) is 7.40. The summed E-state index contributed by atoms with van der Waals surface area (Å²) in [6.07, 6.45) is 3.30. The first kappa shape index (κ1) is 15.6. The third-order valence-electron chi connectivity index (χ3n) is 2.98. The van der Waals surface area contributed by atoms with Crippen LogP contribution >= 0.6 is 0 Å². The lowest BCUT2D eigenvalue weighted by atomic mass is 9.99. The summed E-state index contributed by atoms with van der Waals surface area (Å²) in [4.78, 5) is 11.6. The van der Waals surface area contributed by atoms with Crippen LogP contribution in [0.1, 0.15) is 33.6 Å². The molecule has 0 rings (SSSR count). The average molecular weight is 248 g/mol. The van der Waals surface area contributed by atoms with E-state index in [-0.39, 0.29) is 17.1 Å². The fourth-order valence-corrected chi connectivity index (χ4v) is 1.64. The molecule has 0 fully saturated rings. The lowest BCUT2D eigenvalue weighted by Crippen LogP contribution is -2.45. The molecule has 0 aliphatic rings. The number of amides is 1. The number of nitrogens with two attached hydrogens (primary N) is 1. The normalized spacial score (nSPS) is 18.6. The summed E-state index contributed by atoms with van der Waals surface area (Å²) < 4.78 is 11.1. The zero-order valence-corrected chi connectivity index (χ0v) is 11.5. The topological polar surface area (TPSA) is 72.2 Å². The van der Waals surface area contributed by atoms with Crippen molar-refractivity contribution in [1.82, 2.24) is 5.32 Å². The van der Waals surface area contributed by atoms with Gasteiger partial charge in [-0.25, -0.2) is 0 Å². The second-order valence-corrected chi connectivity index (χ2v) is 6.10. The molecule has 0 saturated heterocycles. The van der Waals surface area contributed by atoms with Crippen LogP contribution in [-0.2, 0) is 15.6 Å². The van der Waals surface area contributed by atoms with Crippen molar-refractivity contribution in [2.24, 2.45) is 11.7 Å². The molecule has 16 heavy (non-hydrogen) atoms. The standard InChI is InChI=1S/C11H24N2O2S/c1-5-8(2)10(12)11(14)13-7-6-9(3)16(4)15/h8-10H,5-7,12H2,1-4H3,(H,13,14)/t8-,9?,10-,16?/m0/s1. The number of hydrogen-bond acceptors (Lipinski definition) is 3. The molecule has 4 nitrogen and oxygen atoms in total. The Labute approximate surface area is 101 Å². The second-order valence-electron chi connectivity index (χ2n) is 4.30. The minimum atomic E-state index is -0.829. The Morgan fingerprint density at radius 2 is 2.00 bits per heavy atom. The molecule has 5 heteroatoms. The molecule has 0 aliphatic heterocycles. The van der Waals surface area contributed by atoms with Gasteiger partial charge in [0.15, 0.2) is 0 Å². The number of nitrogens with one attached hydrogen (secondary N) is 1. The van der Waals surface area contributed by atoms with E-state index < -0.39 is 16.8 Å². The van der Waals surface area contributed by atoms with E-state index >= 15 is 0 Å². The van der Waals surface area contributed by atoms with Gasteiger partial charge in [-0.3, -0.25) is 9.00 Å². The number of rotatable bonds is 7. The molecule has 0 heterocycles. The van der Waals surface area contributed by atoms with E-state index in [1.54, 1.807) is 6.26 Å². The molecule has 0 radical (unpaired) electrons. The Kier molecular flexibility index (Phi) is 7.58. The largest absolute Gasteiger partial charge is 0.355 e. The molecule has 0 aromatic carbocycles. The molecule has 0 aromatic heterocycles. The van der Waals surface area contributed by atoms with E-state index in [1.165, 1.54) is 0 Å². The van der Waals surface area contributed by atoms with Crippen molar-refractivity contribution >= 4 is 16.7 Å². The lowest BCUT2D eigenvalue weighted by molar-refractivity contribution is -0.123. The maximum atomic E-state index is 11.6. The minimum Gasteiger partial charge on any atom is -0.355 e. The van der Waals surface area contributed by atoms with Gasteiger partial charge in [-0.05, 0) is 12.3 Å². The fourth-order valence-electron chi connectivity index (χ4n) is 1.19. The van der Waals surface area contributed by atoms with Crippen molar-refractivity contribution in [2.45, 2.75) is 44.9 Å². The minimum absolute atomic E-state index is 0.108. The maximum absolute atomic E-state index is 11.6. The van der Waals surface area contributed by atoms with Crippen molar-refractivity contribution < 1.29 is 9.00 Å². The molecule has 1 amide bonds. The van der Waals surface area contributed by atoms with Crippen molar-refractivity contribution in [3.05, 3.63) is 0 Å². The highest BCUT2D eigenvalue weighted by molar-refractivity contribution is 7.84. The first-order valence-corrected chi connectivity index (χ1v) is 7.37. The zero-order chi connectivity index (χ0) is 12.7. The summed E-state index contributed by atoms with van der Waals surface area (Å²) in [5, 5.41) is 2.90. The SMILES string of the molecule is CC[C@H](C)[C@H](N)C(=O)NCCC(C)S(C)=O. The summed E-state index contributed by atoms with van der Waals surface area (Å²) in [7, 11) is -0.829. The molecule has 0 aliphatic carbocycles. The summed E-state index contributed by atoms with van der Waals surface area (Å²) >= 11 is 0. The van der Waals surface area contributed by atoms with Crippen molar-refractivity contribution in [3.8, 4) is 0 Å². The van der Waals surface area contributed by atoms with E-state index in [0.29, 0.717) is 6.54 Å². The number of carbonyl (C=O) groups is 1. The van der Waals surface area contributed by atoms with Gasteiger partial charge in [0.25, 0.3) is 0 Å². The Bertz CT molecular complexity index is 246. The van der Waals surface area contributed by atoms with Gasteiger partial charge in [-0.2, -0.15) is 0 Å². The van der Waals surface area contributed by atoms with E-state index in [2.05, 4.69) is 5.32 Å². The van der Waals surface area contributed by atoms with Crippen molar-refractivity contribution in [3.63, 3.8) is 0 Å². The zero-order valence-electron chi connectivity index (χ0n) is 10.7. The average Bonchev–Trinajstić information content (AvgIpc) is 2.26. The van der Waals surface area contributed by atoms with Crippen LogP contribution < -0.4 is 11.1 Å². The Morgan fingerprint density at radius 1 is 1.44 bits per heavy atom. The van der Waals surface area contributed by atoms with Gasteiger partial charge in [0.05, 0.1) is 6.04 Å².